The summed E-state index contributed by atoms with van der Waals surface area (Å²) in [5.41, 5.74) is 11.4. The number of methoxy groups -OCH3 is 1. The van der Waals surface area contributed by atoms with Crippen molar-refractivity contribution in [1.29, 1.82) is 0 Å². The molecule has 15 heteroatoms. The summed E-state index contributed by atoms with van der Waals surface area (Å²) in [5.74, 6) is 0.122. The van der Waals surface area contributed by atoms with E-state index in [4.69, 9.17) is 19.9 Å². The molecule has 4 aromatic rings. The lowest BCUT2D eigenvalue weighted by atomic mass is 9.81. The van der Waals surface area contributed by atoms with Crippen LogP contribution in [0.25, 0.3) is 22.5 Å². The molecule has 1 heterocycles. The number of aromatic amines is 1. The third-order valence-electron chi connectivity index (χ3n) is 9.47. The first-order chi connectivity index (χ1) is 25.8. The Bertz CT molecular complexity index is 1770. The van der Waals surface area contributed by atoms with Crippen LogP contribution in [-0.2, 0) is 30.2 Å². The molecule has 0 aliphatic heterocycles. The standard InChI is InChI=1S/C39H50N8O6.ClH/c1-26-6-9-32(37(48)41-16-17-52-20-21-53-19-18-51-2)24-34(26)31-5-3-4-28(22-31)23-35(43-38(49)30-10-7-27(25-40)8-11-30)39(50)42-33-14-12-29(13-15-33)36-44-46-47-45-36;/h3-6,9,12-15,22,24,27,30,35H,7-8,10-11,16-21,23,25,40H2,1-2H3,(H,41,48)(H,42,50)(H,43,49)(H,44,45,46,47);1H/t27-,30-,35-;/m0./s1. The fraction of sp³-hybridized carbons (Fsp3) is 0.436. The van der Waals surface area contributed by atoms with E-state index in [0.29, 0.717) is 69.1 Å². The van der Waals surface area contributed by atoms with Crippen LogP contribution in [-0.4, -0.2) is 97.6 Å². The first-order valence-corrected chi connectivity index (χ1v) is 18.1. The van der Waals surface area contributed by atoms with E-state index >= 15 is 0 Å². The van der Waals surface area contributed by atoms with Gasteiger partial charge in [0.2, 0.25) is 11.8 Å². The second-order valence-electron chi connectivity index (χ2n) is 13.2. The van der Waals surface area contributed by atoms with Crippen LogP contribution in [0.3, 0.4) is 0 Å². The van der Waals surface area contributed by atoms with Crippen LogP contribution in [0, 0.1) is 18.8 Å². The minimum Gasteiger partial charge on any atom is -0.382 e. The molecule has 0 spiro atoms. The van der Waals surface area contributed by atoms with Crippen LogP contribution in [0.5, 0.6) is 0 Å². The zero-order valence-electron chi connectivity index (χ0n) is 30.8. The Kier molecular flexibility index (Phi) is 17.0. The highest BCUT2D eigenvalue weighted by Gasteiger charge is 2.29. The highest BCUT2D eigenvalue weighted by molar-refractivity contribution is 5.98. The van der Waals surface area contributed by atoms with E-state index in [1.807, 2.05) is 43.3 Å². The molecule has 1 atom stereocenters. The van der Waals surface area contributed by atoms with Crippen LogP contribution in [0.15, 0.2) is 66.7 Å². The topological polar surface area (TPSA) is 195 Å². The number of carbonyl (C=O) groups excluding carboxylic acids is 3. The first-order valence-electron chi connectivity index (χ1n) is 18.1. The average Bonchev–Trinajstić information content (AvgIpc) is 3.73. The fourth-order valence-electron chi connectivity index (χ4n) is 6.36. The summed E-state index contributed by atoms with van der Waals surface area (Å²) in [7, 11) is 1.62. The van der Waals surface area contributed by atoms with Gasteiger partial charge < -0.3 is 35.9 Å². The van der Waals surface area contributed by atoms with Crippen LogP contribution in [0.4, 0.5) is 5.69 Å². The molecule has 6 N–H and O–H groups in total. The van der Waals surface area contributed by atoms with Crippen molar-refractivity contribution in [2.75, 3.05) is 58.6 Å². The van der Waals surface area contributed by atoms with Gasteiger partial charge in [-0.25, -0.2) is 5.10 Å². The Morgan fingerprint density at radius 3 is 2.35 bits per heavy atom. The summed E-state index contributed by atoms with van der Waals surface area (Å²) in [6, 6.07) is 19.8. The number of amides is 3. The number of benzene rings is 3. The van der Waals surface area contributed by atoms with Crippen molar-refractivity contribution < 1.29 is 28.6 Å². The molecule has 14 nitrogen and oxygen atoms in total. The van der Waals surface area contributed by atoms with Crippen LogP contribution in [0.1, 0.15) is 47.2 Å². The minimum atomic E-state index is -0.833. The van der Waals surface area contributed by atoms with Crippen molar-refractivity contribution in [2.45, 2.75) is 45.1 Å². The van der Waals surface area contributed by atoms with Crippen molar-refractivity contribution in [2.24, 2.45) is 17.6 Å². The summed E-state index contributed by atoms with van der Waals surface area (Å²) >= 11 is 0. The lowest BCUT2D eigenvalue weighted by molar-refractivity contribution is -0.130. The smallest absolute Gasteiger partial charge is 0.251 e. The van der Waals surface area contributed by atoms with Crippen molar-refractivity contribution in [3.63, 3.8) is 0 Å². The number of ether oxygens (including phenoxy) is 3. The summed E-state index contributed by atoms with van der Waals surface area (Å²) in [6.07, 6.45) is 3.56. The molecular formula is C39H51ClN8O6. The Balaban J connectivity index is 0.00000650. The van der Waals surface area contributed by atoms with Crippen molar-refractivity contribution in [3.8, 4) is 22.5 Å². The number of carbonyl (C=O) groups is 3. The molecule has 0 saturated heterocycles. The Morgan fingerprint density at radius 1 is 0.907 bits per heavy atom. The van der Waals surface area contributed by atoms with Gasteiger partial charge in [0, 0.05) is 42.8 Å². The monoisotopic (exact) mass is 762 g/mol. The number of tetrazole rings is 1. The van der Waals surface area contributed by atoms with E-state index in [-0.39, 0.29) is 42.5 Å². The normalized spacial score (nSPS) is 15.8. The highest BCUT2D eigenvalue weighted by atomic mass is 35.5. The molecule has 3 amide bonds. The number of halogens is 1. The van der Waals surface area contributed by atoms with Gasteiger partial charge in [0.15, 0.2) is 5.82 Å². The van der Waals surface area contributed by atoms with E-state index in [0.717, 1.165) is 53.5 Å². The van der Waals surface area contributed by atoms with E-state index in [1.54, 1.807) is 37.4 Å². The van der Waals surface area contributed by atoms with E-state index in [2.05, 4.69) is 36.6 Å². The van der Waals surface area contributed by atoms with E-state index in [9.17, 15) is 14.4 Å². The van der Waals surface area contributed by atoms with Crippen LogP contribution in [0.2, 0.25) is 0 Å². The van der Waals surface area contributed by atoms with Gasteiger partial charge >= 0.3 is 0 Å². The minimum absolute atomic E-state index is 0. The van der Waals surface area contributed by atoms with Crippen molar-refractivity contribution in [1.82, 2.24) is 31.3 Å². The number of hydrogen-bond acceptors (Lipinski definition) is 10. The predicted molar refractivity (Wildman–Crippen MR) is 208 cm³/mol. The number of nitrogens with one attached hydrogen (secondary N) is 4. The van der Waals surface area contributed by atoms with E-state index < -0.39 is 6.04 Å². The summed E-state index contributed by atoms with van der Waals surface area (Å²) in [5, 5.41) is 22.8. The number of hydrogen-bond donors (Lipinski definition) is 5. The van der Waals surface area contributed by atoms with Gasteiger partial charge in [0.25, 0.3) is 5.91 Å². The average molecular weight is 763 g/mol. The number of nitrogens with two attached hydrogens (primary N) is 1. The molecule has 290 valence electrons. The molecule has 3 aromatic carbocycles. The van der Waals surface area contributed by atoms with Crippen LogP contribution >= 0.6 is 12.4 Å². The summed E-state index contributed by atoms with van der Waals surface area (Å²) in [4.78, 5) is 40.4. The summed E-state index contributed by atoms with van der Waals surface area (Å²) < 4.78 is 15.9. The van der Waals surface area contributed by atoms with Crippen molar-refractivity contribution in [3.05, 3.63) is 83.4 Å². The number of aryl methyl sites for hydroxylation is 1. The number of aromatic nitrogens is 4. The zero-order valence-corrected chi connectivity index (χ0v) is 31.7. The molecule has 0 bridgehead atoms. The number of nitrogens with zero attached hydrogens (tertiary/aromatic N) is 3. The lowest BCUT2D eigenvalue weighted by Gasteiger charge is -2.28. The quantitative estimate of drug-likeness (QED) is 0.0868. The third kappa shape index (κ3) is 12.4. The van der Waals surface area contributed by atoms with Crippen LogP contribution < -0.4 is 21.7 Å². The fourth-order valence-corrected chi connectivity index (χ4v) is 6.36. The molecule has 0 unspecified atom stereocenters. The maximum absolute atomic E-state index is 13.8. The third-order valence-corrected chi connectivity index (χ3v) is 9.47. The van der Waals surface area contributed by atoms with Gasteiger partial charge in [-0.3, -0.25) is 14.4 Å². The zero-order chi connectivity index (χ0) is 37.4. The lowest BCUT2D eigenvalue weighted by Crippen LogP contribution is -2.48. The molecule has 54 heavy (non-hydrogen) atoms. The molecule has 1 fully saturated rings. The Labute approximate surface area is 322 Å². The molecule has 0 radical (unpaired) electrons. The van der Waals surface area contributed by atoms with Gasteiger partial charge in [-0.2, -0.15) is 0 Å². The Hall–Kier alpha value is -4.73. The SMILES string of the molecule is COCCOCCOCCNC(=O)c1ccc(C)c(-c2cccc(C[C@H](NC(=O)[C@H]3CC[C@H](CN)CC3)C(=O)Nc3ccc(-c4nnn[nH]4)cc3)c2)c1.Cl. The number of rotatable bonds is 19. The molecule has 1 aromatic heterocycles. The van der Waals surface area contributed by atoms with E-state index in [1.165, 1.54) is 0 Å². The maximum atomic E-state index is 13.8. The maximum Gasteiger partial charge on any atom is 0.251 e. The first kappa shape index (κ1) is 42.0. The molecule has 1 saturated carbocycles. The Morgan fingerprint density at radius 2 is 1.65 bits per heavy atom. The molecule has 1 aliphatic carbocycles. The summed E-state index contributed by atoms with van der Waals surface area (Å²) in [6.45, 7) is 5.29. The molecular weight excluding hydrogens is 712 g/mol. The highest BCUT2D eigenvalue weighted by Crippen LogP contribution is 2.29. The van der Waals surface area contributed by atoms with Gasteiger partial charge in [-0.15, -0.1) is 17.5 Å². The van der Waals surface area contributed by atoms with Gasteiger partial charge in [0.05, 0.1) is 33.0 Å². The molecule has 5 rings (SSSR count). The number of H-pyrrole nitrogens is 1. The van der Waals surface area contributed by atoms with Gasteiger partial charge in [-0.1, -0.05) is 30.3 Å². The van der Waals surface area contributed by atoms with Crippen molar-refractivity contribution >= 4 is 35.8 Å². The second kappa shape index (κ2) is 21.8. The predicted octanol–water partition coefficient (Wildman–Crippen LogP) is 4.10. The second-order valence-corrected chi connectivity index (χ2v) is 13.2. The number of anilines is 1. The van der Waals surface area contributed by atoms with Gasteiger partial charge in [0.1, 0.15) is 6.04 Å². The van der Waals surface area contributed by atoms with Gasteiger partial charge in [-0.05, 0) is 114 Å². The molecule has 1 aliphatic rings. The largest absolute Gasteiger partial charge is 0.382 e.